The number of amides is 2. The first-order chi connectivity index (χ1) is 21.9. The standard InChI is InChI=1S/C36H40FN3O5S/c1-5-45-33-23-15-14-22-31(33)40(46(43,44)29-19-10-7-11-20-29)26-34(41)39(25-28-18-12-13-21-30(28)37)32(35(42)38-36(2,3)4)24-27-16-8-6-9-17-27/h6-23,32H,5,24-26H2,1-4H3,(H,38,42). The van der Waals surface area contributed by atoms with Gasteiger partial charge in [-0.1, -0.05) is 78.9 Å². The Morgan fingerprint density at radius 2 is 1.43 bits per heavy atom. The second-order valence-electron chi connectivity index (χ2n) is 11.8. The van der Waals surface area contributed by atoms with Crippen LogP contribution < -0.4 is 14.4 Å². The molecule has 0 spiro atoms. The number of carbonyl (C=O) groups excluding carboxylic acids is 2. The zero-order valence-corrected chi connectivity index (χ0v) is 27.3. The van der Waals surface area contributed by atoms with Crippen molar-refractivity contribution in [1.82, 2.24) is 10.2 Å². The summed E-state index contributed by atoms with van der Waals surface area (Å²) in [5.41, 5.74) is 0.479. The van der Waals surface area contributed by atoms with Crippen molar-refractivity contribution in [1.29, 1.82) is 0 Å². The molecule has 10 heteroatoms. The second-order valence-corrected chi connectivity index (χ2v) is 13.6. The lowest BCUT2D eigenvalue weighted by Gasteiger charge is -2.35. The van der Waals surface area contributed by atoms with Crippen LogP contribution in [0.5, 0.6) is 5.75 Å². The summed E-state index contributed by atoms with van der Waals surface area (Å²) in [7, 11) is -4.31. The van der Waals surface area contributed by atoms with Gasteiger partial charge in [-0.2, -0.15) is 0 Å². The van der Waals surface area contributed by atoms with Crippen LogP contribution in [0.15, 0.2) is 114 Å². The summed E-state index contributed by atoms with van der Waals surface area (Å²) >= 11 is 0. The van der Waals surface area contributed by atoms with E-state index in [1.807, 2.05) is 51.1 Å². The van der Waals surface area contributed by atoms with E-state index >= 15 is 4.39 Å². The van der Waals surface area contributed by atoms with Crippen LogP contribution in [0.25, 0.3) is 0 Å². The molecule has 4 rings (SSSR count). The number of rotatable bonds is 13. The first-order valence-corrected chi connectivity index (χ1v) is 16.5. The van der Waals surface area contributed by atoms with Gasteiger partial charge in [0, 0.05) is 24.1 Å². The fourth-order valence-electron chi connectivity index (χ4n) is 4.99. The SMILES string of the molecule is CCOc1ccccc1N(CC(=O)N(Cc1ccccc1F)C(Cc1ccccc1)C(=O)NC(C)(C)C)S(=O)(=O)c1ccccc1. The summed E-state index contributed by atoms with van der Waals surface area (Å²) in [4.78, 5) is 29.8. The first kappa shape index (κ1) is 34.2. The lowest BCUT2D eigenvalue weighted by atomic mass is 10.0. The van der Waals surface area contributed by atoms with Crippen LogP contribution in [0.4, 0.5) is 10.1 Å². The number of benzene rings is 4. The normalized spacial score (nSPS) is 12.2. The van der Waals surface area contributed by atoms with Gasteiger partial charge in [0.05, 0.1) is 17.2 Å². The van der Waals surface area contributed by atoms with Crippen molar-refractivity contribution in [2.45, 2.75) is 57.1 Å². The zero-order valence-electron chi connectivity index (χ0n) is 26.5. The third kappa shape index (κ3) is 8.72. The Hall–Kier alpha value is -4.70. The molecule has 0 fully saturated rings. The van der Waals surface area contributed by atoms with Gasteiger partial charge in [0.25, 0.3) is 10.0 Å². The summed E-state index contributed by atoms with van der Waals surface area (Å²) in [6.45, 7) is 6.56. The lowest BCUT2D eigenvalue weighted by Crippen LogP contribution is -2.56. The van der Waals surface area contributed by atoms with E-state index < -0.39 is 45.8 Å². The maximum absolute atomic E-state index is 15.1. The topological polar surface area (TPSA) is 96.0 Å². The Kier molecular flexibility index (Phi) is 11.2. The molecular formula is C36H40FN3O5S. The molecule has 0 heterocycles. The highest BCUT2D eigenvalue weighted by molar-refractivity contribution is 7.92. The van der Waals surface area contributed by atoms with Crippen molar-refractivity contribution in [3.63, 3.8) is 0 Å². The molecule has 1 N–H and O–H groups in total. The van der Waals surface area contributed by atoms with Crippen LogP contribution in [-0.2, 0) is 32.6 Å². The minimum Gasteiger partial charge on any atom is -0.492 e. The van der Waals surface area contributed by atoms with E-state index in [1.165, 1.54) is 29.2 Å². The van der Waals surface area contributed by atoms with Gasteiger partial charge in [-0.05, 0) is 63.6 Å². The van der Waals surface area contributed by atoms with Gasteiger partial charge in [0.2, 0.25) is 11.8 Å². The van der Waals surface area contributed by atoms with E-state index in [4.69, 9.17) is 4.74 Å². The zero-order chi connectivity index (χ0) is 33.3. The van der Waals surface area contributed by atoms with E-state index in [1.54, 1.807) is 61.5 Å². The number of nitrogens with zero attached hydrogens (tertiary/aromatic N) is 2. The van der Waals surface area contributed by atoms with Crippen LogP contribution in [0, 0.1) is 5.82 Å². The minimum absolute atomic E-state index is 0.0268. The molecule has 0 aromatic heterocycles. The van der Waals surface area contributed by atoms with Gasteiger partial charge in [0.1, 0.15) is 24.2 Å². The third-order valence-electron chi connectivity index (χ3n) is 7.11. The van der Waals surface area contributed by atoms with Crippen molar-refractivity contribution in [2.24, 2.45) is 0 Å². The van der Waals surface area contributed by atoms with E-state index in [-0.39, 0.29) is 41.5 Å². The summed E-state index contributed by atoms with van der Waals surface area (Å²) in [6.07, 6.45) is 0.115. The van der Waals surface area contributed by atoms with E-state index in [2.05, 4.69) is 5.32 Å². The number of hydrogen-bond acceptors (Lipinski definition) is 5. The van der Waals surface area contributed by atoms with Crippen molar-refractivity contribution in [3.8, 4) is 5.75 Å². The number of carbonyl (C=O) groups is 2. The van der Waals surface area contributed by atoms with Crippen LogP contribution in [-0.4, -0.2) is 49.9 Å². The fraction of sp³-hybridized carbons (Fsp3) is 0.278. The molecule has 0 radical (unpaired) electrons. The van der Waals surface area contributed by atoms with E-state index in [0.29, 0.717) is 0 Å². The number of sulfonamides is 1. The second kappa shape index (κ2) is 15.1. The highest BCUT2D eigenvalue weighted by atomic mass is 32.2. The molecule has 0 aliphatic rings. The Balaban J connectivity index is 1.85. The summed E-state index contributed by atoms with van der Waals surface area (Å²) in [5.74, 6) is -1.43. The first-order valence-electron chi connectivity index (χ1n) is 15.1. The predicted octanol–water partition coefficient (Wildman–Crippen LogP) is 5.97. The quantitative estimate of drug-likeness (QED) is 0.193. The van der Waals surface area contributed by atoms with Gasteiger partial charge in [-0.25, -0.2) is 12.8 Å². The molecular weight excluding hydrogens is 605 g/mol. The highest BCUT2D eigenvalue weighted by Gasteiger charge is 2.36. The fourth-order valence-corrected chi connectivity index (χ4v) is 6.44. The highest BCUT2D eigenvalue weighted by Crippen LogP contribution is 2.33. The molecule has 1 unspecified atom stereocenters. The van der Waals surface area contributed by atoms with E-state index in [9.17, 15) is 18.0 Å². The summed E-state index contributed by atoms with van der Waals surface area (Å²) in [5, 5.41) is 2.96. The maximum Gasteiger partial charge on any atom is 0.264 e. The molecule has 242 valence electrons. The van der Waals surface area contributed by atoms with Gasteiger partial charge < -0.3 is 15.0 Å². The van der Waals surface area contributed by atoms with Gasteiger partial charge >= 0.3 is 0 Å². The average molecular weight is 646 g/mol. The monoisotopic (exact) mass is 645 g/mol. The average Bonchev–Trinajstić information content (AvgIpc) is 3.03. The Morgan fingerprint density at radius 1 is 0.848 bits per heavy atom. The maximum atomic E-state index is 15.1. The Morgan fingerprint density at radius 3 is 2.07 bits per heavy atom. The van der Waals surface area contributed by atoms with Crippen molar-refractivity contribution in [3.05, 3.63) is 126 Å². The summed E-state index contributed by atoms with van der Waals surface area (Å²) in [6, 6.07) is 28.4. The van der Waals surface area contributed by atoms with Crippen LogP contribution in [0.3, 0.4) is 0 Å². The van der Waals surface area contributed by atoms with Crippen molar-refractivity contribution < 1.29 is 27.1 Å². The largest absolute Gasteiger partial charge is 0.492 e. The molecule has 0 saturated heterocycles. The Labute approximate surface area is 270 Å². The number of para-hydroxylation sites is 2. The molecule has 46 heavy (non-hydrogen) atoms. The van der Waals surface area contributed by atoms with Gasteiger partial charge in [-0.3, -0.25) is 13.9 Å². The molecule has 4 aromatic carbocycles. The molecule has 4 aromatic rings. The van der Waals surface area contributed by atoms with Crippen LogP contribution >= 0.6 is 0 Å². The molecule has 1 atom stereocenters. The smallest absolute Gasteiger partial charge is 0.264 e. The molecule has 0 aliphatic carbocycles. The number of hydrogen-bond donors (Lipinski definition) is 1. The molecule has 0 saturated carbocycles. The van der Waals surface area contributed by atoms with Crippen LogP contribution in [0.1, 0.15) is 38.8 Å². The van der Waals surface area contributed by atoms with Gasteiger partial charge in [-0.15, -0.1) is 0 Å². The molecule has 0 aliphatic heterocycles. The van der Waals surface area contributed by atoms with Crippen molar-refractivity contribution in [2.75, 3.05) is 17.5 Å². The molecule has 0 bridgehead atoms. The number of nitrogens with one attached hydrogen (secondary N) is 1. The van der Waals surface area contributed by atoms with Crippen LogP contribution in [0.2, 0.25) is 0 Å². The number of anilines is 1. The number of ether oxygens (including phenoxy) is 1. The summed E-state index contributed by atoms with van der Waals surface area (Å²) < 4.78 is 50.3. The lowest BCUT2D eigenvalue weighted by molar-refractivity contribution is -0.140. The Bertz CT molecular complexity index is 1730. The third-order valence-corrected chi connectivity index (χ3v) is 8.89. The number of halogens is 1. The van der Waals surface area contributed by atoms with Crippen molar-refractivity contribution >= 4 is 27.5 Å². The predicted molar refractivity (Wildman–Crippen MR) is 177 cm³/mol. The molecule has 8 nitrogen and oxygen atoms in total. The van der Waals surface area contributed by atoms with E-state index in [0.717, 1.165) is 9.87 Å². The van der Waals surface area contributed by atoms with Gasteiger partial charge in [0.15, 0.2) is 0 Å². The minimum atomic E-state index is -4.31. The molecule has 2 amide bonds.